The number of benzene rings is 1. The van der Waals surface area contributed by atoms with Crippen molar-refractivity contribution >= 4 is 17.7 Å². The number of aliphatic hydroxyl groups excluding tert-OH is 1. The highest BCUT2D eigenvalue weighted by Gasteiger charge is 2.09. The Hall–Kier alpha value is -1.85. The molecule has 2 N–H and O–H groups in total. The van der Waals surface area contributed by atoms with Gasteiger partial charge in [0.05, 0.1) is 11.6 Å². The molecule has 0 saturated carbocycles. The molecule has 0 radical (unpaired) electrons. The Balaban J connectivity index is 1.81. The van der Waals surface area contributed by atoms with Crippen molar-refractivity contribution in [3.8, 4) is 0 Å². The van der Waals surface area contributed by atoms with E-state index in [1.807, 2.05) is 18.2 Å². The first-order chi connectivity index (χ1) is 9.81. The lowest BCUT2D eigenvalue weighted by atomic mass is 10.1. The van der Waals surface area contributed by atoms with Gasteiger partial charge in [-0.2, -0.15) is 0 Å². The summed E-state index contributed by atoms with van der Waals surface area (Å²) in [6.45, 7) is 0.423. The Bertz CT molecular complexity index is 561. The number of rotatable bonds is 6. The first-order valence-electron chi connectivity index (χ1n) is 6.32. The van der Waals surface area contributed by atoms with Gasteiger partial charge in [-0.25, -0.2) is 4.98 Å². The Kier molecular flexibility index (Phi) is 5.58. The summed E-state index contributed by atoms with van der Waals surface area (Å²) >= 11 is 1.59. The lowest BCUT2D eigenvalue weighted by Gasteiger charge is -2.08. The van der Waals surface area contributed by atoms with Gasteiger partial charge >= 0.3 is 0 Å². The minimum Gasteiger partial charge on any atom is -0.392 e. The zero-order valence-corrected chi connectivity index (χ0v) is 11.8. The summed E-state index contributed by atoms with van der Waals surface area (Å²) in [6, 6.07) is 12.8. The Morgan fingerprint density at radius 2 is 2.00 bits per heavy atom. The molecule has 0 fully saturated rings. The average Bonchev–Trinajstić information content (AvgIpc) is 2.52. The van der Waals surface area contributed by atoms with E-state index in [-0.39, 0.29) is 12.5 Å². The zero-order chi connectivity index (χ0) is 14.2. The monoisotopic (exact) mass is 288 g/mol. The summed E-state index contributed by atoms with van der Waals surface area (Å²) < 4.78 is 0. The molecule has 104 valence electrons. The van der Waals surface area contributed by atoms with Crippen LogP contribution in [0.5, 0.6) is 0 Å². The molecule has 0 aliphatic carbocycles. The third kappa shape index (κ3) is 4.08. The standard InChI is InChI=1S/C15H16N2O2S/c18-11-12-5-1-2-6-13(12)15(19)17-9-10-20-14-7-3-4-8-16-14/h1-8,18H,9-11H2,(H,17,19). The number of aromatic nitrogens is 1. The topological polar surface area (TPSA) is 62.2 Å². The number of nitrogens with zero attached hydrogens (tertiary/aromatic N) is 1. The molecule has 1 heterocycles. The average molecular weight is 288 g/mol. The van der Waals surface area contributed by atoms with Crippen molar-refractivity contribution < 1.29 is 9.90 Å². The van der Waals surface area contributed by atoms with E-state index in [4.69, 9.17) is 0 Å². The second-order valence-corrected chi connectivity index (χ2v) is 5.20. The number of carbonyl (C=O) groups excluding carboxylic acids is 1. The van der Waals surface area contributed by atoms with Crippen LogP contribution in [0.25, 0.3) is 0 Å². The Morgan fingerprint density at radius 1 is 1.20 bits per heavy atom. The molecular weight excluding hydrogens is 272 g/mol. The van der Waals surface area contributed by atoms with E-state index in [0.29, 0.717) is 17.7 Å². The first-order valence-corrected chi connectivity index (χ1v) is 7.30. The number of aliphatic hydroxyl groups is 1. The second-order valence-electron chi connectivity index (χ2n) is 4.09. The van der Waals surface area contributed by atoms with Crippen molar-refractivity contribution in [1.82, 2.24) is 10.3 Å². The number of pyridine rings is 1. The van der Waals surface area contributed by atoms with Gasteiger partial charge in [-0.3, -0.25) is 4.79 Å². The molecule has 5 heteroatoms. The summed E-state index contributed by atoms with van der Waals surface area (Å²) in [6.07, 6.45) is 1.75. The van der Waals surface area contributed by atoms with E-state index in [1.54, 1.807) is 42.2 Å². The highest BCUT2D eigenvalue weighted by molar-refractivity contribution is 7.99. The van der Waals surface area contributed by atoms with Crippen LogP contribution in [-0.4, -0.2) is 28.3 Å². The van der Waals surface area contributed by atoms with Crippen molar-refractivity contribution in [2.75, 3.05) is 12.3 Å². The summed E-state index contributed by atoms with van der Waals surface area (Å²) in [5.41, 5.74) is 1.17. The van der Waals surface area contributed by atoms with Crippen LogP contribution in [0.3, 0.4) is 0 Å². The fourth-order valence-corrected chi connectivity index (χ4v) is 2.45. The fraction of sp³-hybridized carbons (Fsp3) is 0.200. The largest absolute Gasteiger partial charge is 0.392 e. The van der Waals surface area contributed by atoms with Crippen LogP contribution in [0.1, 0.15) is 15.9 Å². The van der Waals surface area contributed by atoms with Crippen LogP contribution in [0.4, 0.5) is 0 Å². The van der Waals surface area contributed by atoms with Gasteiger partial charge in [0.25, 0.3) is 5.91 Å². The van der Waals surface area contributed by atoms with Crippen molar-refractivity contribution in [1.29, 1.82) is 0 Å². The number of amides is 1. The molecule has 1 amide bonds. The van der Waals surface area contributed by atoms with Crippen molar-refractivity contribution in [3.63, 3.8) is 0 Å². The third-order valence-corrected chi connectivity index (χ3v) is 3.65. The van der Waals surface area contributed by atoms with E-state index >= 15 is 0 Å². The highest BCUT2D eigenvalue weighted by atomic mass is 32.2. The second kappa shape index (κ2) is 7.67. The number of carbonyl (C=O) groups is 1. The molecule has 2 aromatic rings. The molecule has 1 aromatic carbocycles. The van der Waals surface area contributed by atoms with E-state index in [2.05, 4.69) is 10.3 Å². The minimum atomic E-state index is -0.156. The number of hydrogen-bond donors (Lipinski definition) is 2. The van der Waals surface area contributed by atoms with Crippen LogP contribution in [0, 0.1) is 0 Å². The summed E-state index contributed by atoms with van der Waals surface area (Å²) in [5.74, 6) is 0.598. The first kappa shape index (κ1) is 14.6. The van der Waals surface area contributed by atoms with E-state index in [1.165, 1.54) is 0 Å². The van der Waals surface area contributed by atoms with Gasteiger partial charge in [-0.05, 0) is 23.8 Å². The molecule has 1 aromatic heterocycles. The maximum absolute atomic E-state index is 12.0. The maximum Gasteiger partial charge on any atom is 0.251 e. The summed E-state index contributed by atoms with van der Waals surface area (Å²) in [7, 11) is 0. The van der Waals surface area contributed by atoms with Gasteiger partial charge in [0, 0.05) is 24.1 Å². The van der Waals surface area contributed by atoms with Crippen LogP contribution in [0.15, 0.2) is 53.7 Å². The van der Waals surface area contributed by atoms with Gasteiger partial charge in [-0.15, -0.1) is 11.8 Å². The third-order valence-electron chi connectivity index (χ3n) is 2.71. The predicted octanol–water partition coefficient (Wildman–Crippen LogP) is 2.10. The summed E-state index contributed by atoms with van der Waals surface area (Å²) in [5, 5.41) is 13.0. The number of nitrogens with one attached hydrogen (secondary N) is 1. The van der Waals surface area contributed by atoms with Crippen molar-refractivity contribution in [2.24, 2.45) is 0 Å². The molecular formula is C15H16N2O2S. The van der Waals surface area contributed by atoms with Crippen LogP contribution >= 0.6 is 11.8 Å². The molecule has 4 nitrogen and oxygen atoms in total. The molecule has 0 atom stereocenters. The lowest BCUT2D eigenvalue weighted by molar-refractivity contribution is 0.0953. The molecule has 0 spiro atoms. The Labute approximate surface area is 122 Å². The molecule has 0 bridgehead atoms. The Morgan fingerprint density at radius 3 is 2.75 bits per heavy atom. The highest BCUT2D eigenvalue weighted by Crippen LogP contribution is 2.13. The van der Waals surface area contributed by atoms with E-state index < -0.39 is 0 Å². The van der Waals surface area contributed by atoms with Gasteiger partial charge < -0.3 is 10.4 Å². The van der Waals surface area contributed by atoms with Gasteiger partial charge in [0.2, 0.25) is 0 Å². The molecule has 2 rings (SSSR count). The van der Waals surface area contributed by atoms with Crippen molar-refractivity contribution in [2.45, 2.75) is 11.6 Å². The maximum atomic E-state index is 12.0. The SMILES string of the molecule is O=C(NCCSc1ccccn1)c1ccccc1CO. The molecule has 0 aliphatic heterocycles. The normalized spacial score (nSPS) is 10.2. The molecule has 0 aliphatic rings. The number of thioether (sulfide) groups is 1. The predicted molar refractivity (Wildman–Crippen MR) is 79.7 cm³/mol. The smallest absolute Gasteiger partial charge is 0.251 e. The molecule has 0 saturated heterocycles. The zero-order valence-electron chi connectivity index (χ0n) is 11.0. The molecule has 20 heavy (non-hydrogen) atoms. The van der Waals surface area contributed by atoms with Gasteiger partial charge in [0.15, 0.2) is 0 Å². The van der Waals surface area contributed by atoms with Crippen LogP contribution < -0.4 is 5.32 Å². The molecule has 0 unspecified atom stereocenters. The number of hydrogen-bond acceptors (Lipinski definition) is 4. The quantitative estimate of drug-likeness (QED) is 0.631. The van der Waals surface area contributed by atoms with E-state index in [9.17, 15) is 9.90 Å². The lowest BCUT2D eigenvalue weighted by Crippen LogP contribution is -2.26. The van der Waals surface area contributed by atoms with Crippen LogP contribution in [0.2, 0.25) is 0 Å². The summed E-state index contributed by atoms with van der Waals surface area (Å²) in [4.78, 5) is 16.2. The van der Waals surface area contributed by atoms with Gasteiger partial charge in [-0.1, -0.05) is 24.3 Å². The minimum absolute atomic E-state index is 0.133. The van der Waals surface area contributed by atoms with E-state index in [0.717, 1.165) is 10.8 Å². The van der Waals surface area contributed by atoms with Crippen LogP contribution in [-0.2, 0) is 6.61 Å². The van der Waals surface area contributed by atoms with Gasteiger partial charge in [0.1, 0.15) is 0 Å². The fourth-order valence-electron chi connectivity index (χ4n) is 1.73. The van der Waals surface area contributed by atoms with Crippen molar-refractivity contribution in [3.05, 3.63) is 59.8 Å².